The fraction of sp³-hybridized carbons (Fsp3) is 0.333. The molecule has 0 aromatic heterocycles. The molecule has 3 heteroatoms. The summed E-state index contributed by atoms with van der Waals surface area (Å²) < 4.78 is 11.2. The molecule has 0 radical (unpaired) electrons. The molecule has 0 atom stereocenters. The van der Waals surface area contributed by atoms with Crippen molar-refractivity contribution in [2.24, 2.45) is 0 Å². The van der Waals surface area contributed by atoms with Crippen molar-refractivity contribution in [2.75, 3.05) is 18.5 Å². The molecule has 0 bridgehead atoms. The Morgan fingerprint density at radius 2 is 1.67 bits per heavy atom. The smallest absolute Gasteiger partial charge is 0.119 e. The molecule has 0 aliphatic carbocycles. The first-order valence-electron chi connectivity index (χ1n) is 7.51. The largest absolute Gasteiger partial charge is 0.489 e. The molecule has 0 amide bonds. The van der Waals surface area contributed by atoms with Crippen LogP contribution in [0.3, 0.4) is 0 Å². The maximum atomic E-state index is 5.79. The van der Waals surface area contributed by atoms with Crippen molar-refractivity contribution in [3.63, 3.8) is 0 Å². The minimum Gasteiger partial charge on any atom is -0.489 e. The Morgan fingerprint density at radius 1 is 0.952 bits per heavy atom. The fourth-order valence-corrected chi connectivity index (χ4v) is 2.47. The van der Waals surface area contributed by atoms with E-state index in [1.54, 1.807) is 0 Å². The quantitative estimate of drug-likeness (QED) is 0.904. The maximum absolute atomic E-state index is 5.79. The minimum absolute atomic E-state index is 0.523. The number of hydrogen-bond acceptors (Lipinski definition) is 3. The van der Waals surface area contributed by atoms with Gasteiger partial charge >= 0.3 is 0 Å². The van der Waals surface area contributed by atoms with Gasteiger partial charge in [-0.05, 0) is 42.7 Å². The lowest BCUT2D eigenvalue weighted by Gasteiger charge is -2.24. The molecule has 1 N–H and O–H groups in total. The zero-order valence-electron chi connectivity index (χ0n) is 12.1. The van der Waals surface area contributed by atoms with Crippen molar-refractivity contribution in [1.82, 2.24) is 0 Å². The molecule has 2 aromatic rings. The summed E-state index contributed by atoms with van der Waals surface area (Å²) in [6, 6.07) is 18.9. The monoisotopic (exact) mass is 283 g/mol. The van der Waals surface area contributed by atoms with Crippen LogP contribution in [-0.2, 0) is 11.3 Å². The van der Waals surface area contributed by atoms with E-state index < -0.39 is 0 Å². The molecule has 21 heavy (non-hydrogen) atoms. The first-order chi connectivity index (χ1) is 10.4. The summed E-state index contributed by atoms with van der Waals surface area (Å²) in [5.41, 5.74) is 2.33. The second-order valence-corrected chi connectivity index (χ2v) is 5.33. The van der Waals surface area contributed by atoms with E-state index in [1.807, 2.05) is 30.3 Å². The van der Waals surface area contributed by atoms with E-state index in [-0.39, 0.29) is 0 Å². The van der Waals surface area contributed by atoms with Crippen molar-refractivity contribution >= 4 is 5.69 Å². The van der Waals surface area contributed by atoms with Gasteiger partial charge in [-0.2, -0.15) is 0 Å². The van der Waals surface area contributed by atoms with Crippen LogP contribution in [0.25, 0.3) is 0 Å². The summed E-state index contributed by atoms with van der Waals surface area (Å²) >= 11 is 0. The van der Waals surface area contributed by atoms with E-state index in [0.29, 0.717) is 12.6 Å². The lowest BCUT2D eigenvalue weighted by Crippen LogP contribution is -2.27. The highest BCUT2D eigenvalue weighted by molar-refractivity contribution is 5.47. The van der Waals surface area contributed by atoms with Gasteiger partial charge in [0.2, 0.25) is 0 Å². The van der Waals surface area contributed by atoms with E-state index in [0.717, 1.165) is 37.5 Å². The molecule has 110 valence electrons. The predicted octanol–water partition coefficient (Wildman–Crippen LogP) is 3.86. The van der Waals surface area contributed by atoms with Gasteiger partial charge in [-0.25, -0.2) is 0 Å². The van der Waals surface area contributed by atoms with Crippen molar-refractivity contribution in [2.45, 2.75) is 25.5 Å². The van der Waals surface area contributed by atoms with E-state index in [1.165, 1.54) is 5.56 Å². The molecule has 1 aliphatic rings. The van der Waals surface area contributed by atoms with Crippen LogP contribution in [0.4, 0.5) is 5.69 Å². The van der Waals surface area contributed by atoms with Gasteiger partial charge in [-0.1, -0.05) is 30.3 Å². The lowest BCUT2D eigenvalue weighted by atomic mass is 10.1. The van der Waals surface area contributed by atoms with Gasteiger partial charge in [0.25, 0.3) is 0 Å². The standard InChI is InChI=1S/C18H21NO2/c1-2-4-15(5-3-1)14-21-18-8-6-16(7-9-18)19-17-10-12-20-13-11-17/h1-9,17,19H,10-14H2. The number of nitrogens with one attached hydrogen (secondary N) is 1. The summed E-state index contributed by atoms with van der Waals surface area (Å²) in [4.78, 5) is 0. The summed E-state index contributed by atoms with van der Waals surface area (Å²) in [5.74, 6) is 0.899. The third kappa shape index (κ3) is 4.23. The molecule has 2 aromatic carbocycles. The van der Waals surface area contributed by atoms with Crippen LogP contribution in [0, 0.1) is 0 Å². The van der Waals surface area contributed by atoms with Gasteiger partial charge < -0.3 is 14.8 Å². The van der Waals surface area contributed by atoms with Crippen LogP contribution in [0.15, 0.2) is 54.6 Å². The zero-order chi connectivity index (χ0) is 14.3. The Kier molecular flexibility index (Phi) is 4.74. The Bertz CT molecular complexity index is 533. The lowest BCUT2D eigenvalue weighted by molar-refractivity contribution is 0.0904. The van der Waals surface area contributed by atoms with E-state index in [9.17, 15) is 0 Å². The topological polar surface area (TPSA) is 30.5 Å². The van der Waals surface area contributed by atoms with Crippen molar-refractivity contribution < 1.29 is 9.47 Å². The molecular weight excluding hydrogens is 262 g/mol. The van der Waals surface area contributed by atoms with Crippen LogP contribution < -0.4 is 10.1 Å². The molecule has 1 fully saturated rings. The summed E-state index contributed by atoms with van der Waals surface area (Å²) in [7, 11) is 0. The van der Waals surface area contributed by atoms with Crippen molar-refractivity contribution in [3.8, 4) is 5.75 Å². The van der Waals surface area contributed by atoms with Crippen LogP contribution in [-0.4, -0.2) is 19.3 Å². The highest BCUT2D eigenvalue weighted by Crippen LogP contribution is 2.19. The maximum Gasteiger partial charge on any atom is 0.119 e. The first-order valence-corrected chi connectivity index (χ1v) is 7.51. The van der Waals surface area contributed by atoms with Gasteiger partial charge in [0.1, 0.15) is 12.4 Å². The molecule has 3 rings (SSSR count). The van der Waals surface area contributed by atoms with Gasteiger partial charge in [0.05, 0.1) is 0 Å². The van der Waals surface area contributed by atoms with E-state index in [4.69, 9.17) is 9.47 Å². The second-order valence-electron chi connectivity index (χ2n) is 5.33. The highest BCUT2D eigenvalue weighted by Gasteiger charge is 2.12. The number of benzene rings is 2. The van der Waals surface area contributed by atoms with Crippen LogP contribution in [0.5, 0.6) is 5.75 Å². The highest BCUT2D eigenvalue weighted by atomic mass is 16.5. The Morgan fingerprint density at radius 3 is 2.38 bits per heavy atom. The Hall–Kier alpha value is -2.00. The molecule has 3 nitrogen and oxygen atoms in total. The average Bonchev–Trinajstić information content (AvgIpc) is 2.56. The predicted molar refractivity (Wildman–Crippen MR) is 84.7 cm³/mol. The van der Waals surface area contributed by atoms with Crippen LogP contribution in [0.2, 0.25) is 0 Å². The van der Waals surface area contributed by atoms with Crippen molar-refractivity contribution in [1.29, 1.82) is 0 Å². The number of rotatable bonds is 5. The SMILES string of the molecule is c1ccc(COc2ccc(NC3CCOCC3)cc2)cc1. The van der Waals surface area contributed by atoms with Gasteiger partial charge in [-0.15, -0.1) is 0 Å². The Labute approximate surface area is 125 Å². The molecule has 0 unspecified atom stereocenters. The number of anilines is 1. The molecule has 1 aliphatic heterocycles. The minimum atomic E-state index is 0.523. The second kappa shape index (κ2) is 7.14. The summed E-state index contributed by atoms with van der Waals surface area (Å²) in [6.07, 6.45) is 2.15. The first kappa shape index (κ1) is 14.0. The molecule has 0 spiro atoms. The van der Waals surface area contributed by atoms with E-state index >= 15 is 0 Å². The summed E-state index contributed by atoms with van der Waals surface area (Å²) in [5, 5.41) is 3.55. The fourth-order valence-electron chi connectivity index (χ4n) is 2.47. The zero-order valence-corrected chi connectivity index (χ0v) is 12.1. The molecular formula is C18H21NO2. The molecule has 1 heterocycles. The van der Waals surface area contributed by atoms with Crippen LogP contribution in [0.1, 0.15) is 18.4 Å². The Balaban J connectivity index is 1.51. The van der Waals surface area contributed by atoms with Gasteiger partial charge in [-0.3, -0.25) is 0 Å². The molecule has 0 saturated carbocycles. The van der Waals surface area contributed by atoms with Crippen LogP contribution >= 0.6 is 0 Å². The average molecular weight is 283 g/mol. The summed E-state index contributed by atoms with van der Waals surface area (Å²) in [6.45, 7) is 2.32. The third-order valence-corrected chi connectivity index (χ3v) is 3.69. The normalized spacial score (nSPS) is 15.6. The third-order valence-electron chi connectivity index (χ3n) is 3.69. The van der Waals surface area contributed by atoms with E-state index in [2.05, 4.69) is 29.6 Å². The van der Waals surface area contributed by atoms with Gasteiger partial charge in [0.15, 0.2) is 0 Å². The molecule has 1 saturated heterocycles. The van der Waals surface area contributed by atoms with Crippen molar-refractivity contribution in [3.05, 3.63) is 60.2 Å². The van der Waals surface area contributed by atoms with Gasteiger partial charge in [0, 0.05) is 24.9 Å². The number of hydrogen-bond donors (Lipinski definition) is 1. The number of ether oxygens (including phenoxy) is 2.